The molecule has 2 aliphatic rings. The number of halogens is 1. The van der Waals surface area contributed by atoms with E-state index in [1.54, 1.807) is 12.1 Å². The minimum atomic E-state index is -0.262. The smallest absolute Gasteiger partial charge is 0.140 e. The minimum Gasteiger partial charge on any atom is -0.299 e. The van der Waals surface area contributed by atoms with E-state index in [4.69, 9.17) is 0 Å². The molecule has 0 radical (unpaired) electrons. The Hall–Kier alpha value is -2.00. The molecule has 2 heterocycles. The molecule has 2 unspecified atom stereocenters. The zero-order valence-electron chi connectivity index (χ0n) is 15.1. The van der Waals surface area contributed by atoms with Crippen molar-refractivity contribution in [1.29, 1.82) is 0 Å². The number of benzene rings is 2. The molecule has 0 aromatic heterocycles. The van der Waals surface area contributed by atoms with E-state index in [1.165, 1.54) is 30.9 Å². The second-order valence-electron chi connectivity index (χ2n) is 7.80. The monoisotopic (exact) mass is 351 g/mol. The number of nitrogens with zero attached hydrogens (tertiary/aromatic N) is 1. The summed E-state index contributed by atoms with van der Waals surface area (Å²) in [6.45, 7) is 0.977. The standard InChI is InChI=1S/C23H26FNO/c24-22-12-5-4-9-18(22)15-23(26)19-13-20-10-6-11-21(14-19)25(20)16-17-7-2-1-3-8-17/h1-5,7-9,12,19-21H,6,10-11,13-16H2. The molecule has 2 bridgehead atoms. The van der Waals surface area contributed by atoms with Crippen LogP contribution in [0.4, 0.5) is 4.39 Å². The van der Waals surface area contributed by atoms with Gasteiger partial charge < -0.3 is 0 Å². The molecular weight excluding hydrogens is 325 g/mol. The summed E-state index contributed by atoms with van der Waals surface area (Å²) < 4.78 is 13.9. The molecular formula is C23H26FNO. The molecule has 136 valence electrons. The van der Waals surface area contributed by atoms with Crippen LogP contribution in [0.15, 0.2) is 54.6 Å². The molecule has 4 rings (SSSR count). The summed E-state index contributed by atoms with van der Waals surface area (Å²) in [5.74, 6) is 0.0332. The van der Waals surface area contributed by atoms with E-state index in [1.807, 2.05) is 6.07 Å². The highest BCUT2D eigenvalue weighted by Crippen LogP contribution is 2.38. The summed E-state index contributed by atoms with van der Waals surface area (Å²) in [5, 5.41) is 0. The van der Waals surface area contributed by atoms with Crippen molar-refractivity contribution in [2.45, 2.75) is 57.2 Å². The first-order valence-corrected chi connectivity index (χ1v) is 9.76. The molecule has 2 aromatic rings. The quantitative estimate of drug-likeness (QED) is 0.773. The van der Waals surface area contributed by atoms with Crippen LogP contribution in [0.2, 0.25) is 0 Å². The van der Waals surface area contributed by atoms with Crippen LogP contribution in [0.3, 0.4) is 0 Å². The van der Waals surface area contributed by atoms with Crippen LogP contribution in [0, 0.1) is 11.7 Å². The largest absolute Gasteiger partial charge is 0.299 e. The van der Waals surface area contributed by atoms with Gasteiger partial charge in [0.15, 0.2) is 0 Å². The molecule has 3 heteroatoms. The number of Topliss-reactive ketones (excluding diaryl/α,β-unsaturated/α-hetero) is 1. The van der Waals surface area contributed by atoms with Crippen molar-refractivity contribution >= 4 is 5.78 Å². The molecule has 0 aliphatic carbocycles. The van der Waals surface area contributed by atoms with Crippen molar-refractivity contribution in [2.75, 3.05) is 0 Å². The highest BCUT2D eigenvalue weighted by atomic mass is 19.1. The number of fused-ring (bicyclic) bond motifs is 2. The van der Waals surface area contributed by atoms with Crippen LogP contribution in [-0.2, 0) is 17.8 Å². The average Bonchev–Trinajstić information content (AvgIpc) is 2.64. The van der Waals surface area contributed by atoms with Crippen molar-refractivity contribution in [1.82, 2.24) is 4.90 Å². The number of ketones is 1. The Kier molecular flexibility index (Phi) is 5.16. The summed E-state index contributed by atoms with van der Waals surface area (Å²) in [5.41, 5.74) is 1.88. The zero-order chi connectivity index (χ0) is 17.9. The first-order valence-electron chi connectivity index (χ1n) is 9.76. The van der Waals surface area contributed by atoms with Crippen molar-refractivity contribution in [2.24, 2.45) is 5.92 Å². The Balaban J connectivity index is 1.44. The number of carbonyl (C=O) groups excluding carboxylic acids is 1. The highest BCUT2D eigenvalue weighted by Gasteiger charge is 2.40. The second-order valence-corrected chi connectivity index (χ2v) is 7.80. The molecule has 2 atom stereocenters. The van der Waals surface area contributed by atoms with Gasteiger partial charge in [0, 0.05) is 31.0 Å². The van der Waals surface area contributed by atoms with E-state index in [-0.39, 0.29) is 23.9 Å². The lowest BCUT2D eigenvalue weighted by molar-refractivity contribution is -0.126. The predicted octanol–water partition coefficient (Wildman–Crippen LogP) is 4.77. The Morgan fingerprint density at radius 1 is 0.962 bits per heavy atom. The maximum Gasteiger partial charge on any atom is 0.140 e. The van der Waals surface area contributed by atoms with Gasteiger partial charge in [0.1, 0.15) is 11.6 Å². The topological polar surface area (TPSA) is 20.3 Å². The molecule has 2 aliphatic heterocycles. The first-order chi connectivity index (χ1) is 12.7. The number of carbonyl (C=O) groups is 1. The third-order valence-corrected chi connectivity index (χ3v) is 6.11. The van der Waals surface area contributed by atoms with Gasteiger partial charge in [-0.05, 0) is 42.9 Å². The van der Waals surface area contributed by atoms with Gasteiger partial charge in [-0.3, -0.25) is 9.69 Å². The van der Waals surface area contributed by atoms with E-state index >= 15 is 0 Å². The van der Waals surface area contributed by atoms with E-state index in [2.05, 4.69) is 35.2 Å². The van der Waals surface area contributed by atoms with E-state index in [0.717, 1.165) is 19.4 Å². The minimum absolute atomic E-state index is 0.0805. The summed E-state index contributed by atoms with van der Waals surface area (Å²) in [7, 11) is 0. The van der Waals surface area contributed by atoms with E-state index < -0.39 is 0 Å². The van der Waals surface area contributed by atoms with Gasteiger partial charge in [0.05, 0.1) is 0 Å². The molecule has 0 N–H and O–H groups in total. The van der Waals surface area contributed by atoms with Gasteiger partial charge in [-0.2, -0.15) is 0 Å². The Labute approximate surface area is 155 Å². The van der Waals surface area contributed by atoms with E-state index in [0.29, 0.717) is 17.6 Å². The first kappa shape index (κ1) is 17.4. The lowest BCUT2D eigenvalue weighted by atomic mass is 9.75. The molecule has 26 heavy (non-hydrogen) atoms. The molecule has 2 fully saturated rings. The van der Waals surface area contributed by atoms with E-state index in [9.17, 15) is 9.18 Å². The van der Waals surface area contributed by atoms with Gasteiger partial charge in [-0.15, -0.1) is 0 Å². The van der Waals surface area contributed by atoms with Crippen LogP contribution in [-0.4, -0.2) is 22.8 Å². The van der Waals surface area contributed by atoms with Gasteiger partial charge in [0.25, 0.3) is 0 Å². The van der Waals surface area contributed by atoms with Crippen LogP contribution in [0.1, 0.15) is 43.2 Å². The number of piperidine rings is 2. The predicted molar refractivity (Wildman–Crippen MR) is 101 cm³/mol. The summed E-state index contributed by atoms with van der Waals surface area (Å²) >= 11 is 0. The summed E-state index contributed by atoms with van der Waals surface area (Å²) in [6, 6.07) is 18.2. The van der Waals surface area contributed by atoms with Crippen molar-refractivity contribution in [3.63, 3.8) is 0 Å². The molecule has 2 aromatic carbocycles. The van der Waals surface area contributed by atoms with Crippen LogP contribution < -0.4 is 0 Å². The maximum atomic E-state index is 13.9. The number of rotatable bonds is 5. The maximum absolute atomic E-state index is 13.9. The van der Waals surface area contributed by atoms with Crippen LogP contribution >= 0.6 is 0 Å². The van der Waals surface area contributed by atoms with Crippen LogP contribution in [0.25, 0.3) is 0 Å². The highest BCUT2D eigenvalue weighted by molar-refractivity contribution is 5.83. The van der Waals surface area contributed by atoms with Gasteiger partial charge >= 0.3 is 0 Å². The molecule has 0 spiro atoms. The van der Waals surface area contributed by atoms with Crippen molar-refractivity contribution in [3.8, 4) is 0 Å². The second kappa shape index (κ2) is 7.71. The fourth-order valence-corrected chi connectivity index (χ4v) is 4.77. The summed E-state index contributed by atoms with van der Waals surface area (Å²) in [6.07, 6.45) is 5.69. The number of hydrogen-bond donors (Lipinski definition) is 0. The lowest BCUT2D eigenvalue weighted by Gasteiger charge is -2.48. The number of hydrogen-bond acceptors (Lipinski definition) is 2. The summed E-state index contributed by atoms with van der Waals surface area (Å²) in [4.78, 5) is 15.4. The van der Waals surface area contributed by atoms with Crippen molar-refractivity contribution in [3.05, 3.63) is 71.5 Å². The Morgan fingerprint density at radius 2 is 1.62 bits per heavy atom. The Morgan fingerprint density at radius 3 is 2.31 bits per heavy atom. The van der Waals surface area contributed by atoms with Crippen molar-refractivity contribution < 1.29 is 9.18 Å². The average molecular weight is 351 g/mol. The van der Waals surface area contributed by atoms with Gasteiger partial charge in [-0.1, -0.05) is 55.0 Å². The third kappa shape index (κ3) is 3.73. The van der Waals surface area contributed by atoms with Gasteiger partial charge in [-0.25, -0.2) is 4.39 Å². The molecule has 2 saturated heterocycles. The Bertz CT molecular complexity index is 746. The third-order valence-electron chi connectivity index (χ3n) is 6.11. The van der Waals surface area contributed by atoms with Crippen LogP contribution in [0.5, 0.6) is 0 Å². The lowest BCUT2D eigenvalue weighted by Crippen LogP contribution is -2.52. The zero-order valence-corrected chi connectivity index (χ0v) is 15.1. The molecule has 0 amide bonds. The van der Waals surface area contributed by atoms with Gasteiger partial charge in [0.2, 0.25) is 0 Å². The molecule has 2 nitrogen and oxygen atoms in total. The normalized spacial score (nSPS) is 25.8. The fraction of sp³-hybridized carbons (Fsp3) is 0.435. The fourth-order valence-electron chi connectivity index (χ4n) is 4.77. The SMILES string of the molecule is O=C(Cc1ccccc1F)C1CC2CCCC(C1)N2Cc1ccccc1. The molecule has 0 saturated carbocycles.